The first-order valence-corrected chi connectivity index (χ1v) is 4.93. The van der Waals surface area contributed by atoms with Gasteiger partial charge in [-0.05, 0) is 32.0 Å². The van der Waals surface area contributed by atoms with Gasteiger partial charge in [0.2, 0.25) is 0 Å². The van der Waals surface area contributed by atoms with E-state index in [-0.39, 0.29) is 11.8 Å². The van der Waals surface area contributed by atoms with Gasteiger partial charge in [0.25, 0.3) is 0 Å². The molecule has 0 aliphatic carbocycles. The number of phenols is 1. The number of aromatic nitrogens is 1. The fourth-order valence-corrected chi connectivity index (χ4v) is 1.82. The minimum Gasteiger partial charge on any atom is -0.506 e. The molecule has 1 heterocycles. The average Bonchev–Trinajstić information content (AvgIpc) is 2.63. The van der Waals surface area contributed by atoms with E-state index in [9.17, 15) is 9.90 Å². The Balaban J connectivity index is 2.84. The molecule has 0 bridgehead atoms. The number of fused-ring (bicyclic) bond motifs is 1. The van der Waals surface area contributed by atoms with Crippen molar-refractivity contribution in [1.82, 2.24) is 4.57 Å². The van der Waals surface area contributed by atoms with Crippen LogP contribution in [0.2, 0.25) is 0 Å². The Morgan fingerprint density at radius 3 is 2.67 bits per heavy atom. The van der Waals surface area contributed by atoms with E-state index in [1.807, 2.05) is 30.7 Å². The average molecular weight is 203 g/mol. The third kappa shape index (κ3) is 1.40. The summed E-state index contributed by atoms with van der Waals surface area (Å²) in [5.74, 6) is 0.217. The predicted octanol–water partition coefficient (Wildman–Crippen LogP) is 2.74. The first kappa shape index (κ1) is 9.77. The maximum absolute atomic E-state index is 10.8. The number of aldehydes is 1. The number of benzene rings is 1. The summed E-state index contributed by atoms with van der Waals surface area (Å²) in [6.45, 7) is 4.07. The monoisotopic (exact) mass is 203 g/mol. The molecular weight excluding hydrogens is 190 g/mol. The largest absolute Gasteiger partial charge is 0.506 e. The standard InChI is InChI=1S/C12H13NO2/c1-8(2)13-6-5-10-9(7-14)3-4-11(15)12(10)13/h3-8,15H,1-2H3. The van der Waals surface area contributed by atoms with Gasteiger partial charge in [-0.1, -0.05) is 0 Å². The fraction of sp³-hybridized carbons (Fsp3) is 0.250. The highest BCUT2D eigenvalue weighted by atomic mass is 16.3. The number of nitrogens with zero attached hydrogens (tertiary/aromatic N) is 1. The lowest BCUT2D eigenvalue weighted by atomic mass is 10.1. The molecule has 78 valence electrons. The number of hydrogen-bond donors (Lipinski definition) is 1. The van der Waals surface area contributed by atoms with Crippen LogP contribution in [-0.2, 0) is 0 Å². The van der Waals surface area contributed by atoms with E-state index in [0.717, 1.165) is 17.2 Å². The summed E-state index contributed by atoms with van der Waals surface area (Å²) in [6, 6.07) is 5.31. The molecule has 3 nitrogen and oxygen atoms in total. The smallest absolute Gasteiger partial charge is 0.150 e. The predicted molar refractivity (Wildman–Crippen MR) is 59.4 cm³/mol. The van der Waals surface area contributed by atoms with Crippen LogP contribution in [0.25, 0.3) is 10.9 Å². The van der Waals surface area contributed by atoms with Crippen molar-refractivity contribution in [3.8, 4) is 5.75 Å². The SMILES string of the molecule is CC(C)n1ccc2c(C=O)ccc(O)c21. The normalized spacial score (nSPS) is 11.1. The van der Waals surface area contributed by atoms with Gasteiger partial charge in [0.15, 0.2) is 6.29 Å². The third-order valence-corrected chi connectivity index (χ3v) is 2.57. The molecule has 1 aromatic carbocycles. The molecule has 0 aliphatic heterocycles. The van der Waals surface area contributed by atoms with Gasteiger partial charge < -0.3 is 9.67 Å². The van der Waals surface area contributed by atoms with Crippen molar-refractivity contribution in [2.75, 3.05) is 0 Å². The topological polar surface area (TPSA) is 42.2 Å². The molecule has 0 fully saturated rings. The molecule has 15 heavy (non-hydrogen) atoms. The van der Waals surface area contributed by atoms with Gasteiger partial charge in [-0.15, -0.1) is 0 Å². The Morgan fingerprint density at radius 1 is 1.33 bits per heavy atom. The molecule has 2 aromatic rings. The lowest BCUT2D eigenvalue weighted by molar-refractivity contribution is 0.112. The minimum atomic E-state index is 0.217. The summed E-state index contributed by atoms with van der Waals surface area (Å²) in [7, 11) is 0. The van der Waals surface area contributed by atoms with Crippen molar-refractivity contribution in [3.05, 3.63) is 30.0 Å². The van der Waals surface area contributed by atoms with E-state index in [4.69, 9.17) is 0 Å². The summed E-state index contributed by atoms with van der Waals surface area (Å²) in [6.07, 6.45) is 2.70. The summed E-state index contributed by atoms with van der Waals surface area (Å²) >= 11 is 0. The van der Waals surface area contributed by atoms with Gasteiger partial charge in [-0.3, -0.25) is 4.79 Å². The van der Waals surface area contributed by atoms with Crippen LogP contribution in [0, 0.1) is 0 Å². The van der Waals surface area contributed by atoms with Crippen LogP contribution in [0.4, 0.5) is 0 Å². The number of rotatable bonds is 2. The first-order chi connectivity index (χ1) is 7.15. The maximum Gasteiger partial charge on any atom is 0.150 e. The number of aromatic hydroxyl groups is 1. The molecule has 3 heteroatoms. The Kier molecular flexibility index (Phi) is 2.23. The number of carbonyl (C=O) groups is 1. The molecule has 0 unspecified atom stereocenters. The number of hydrogen-bond acceptors (Lipinski definition) is 2. The Hall–Kier alpha value is -1.77. The first-order valence-electron chi connectivity index (χ1n) is 4.93. The number of carbonyl (C=O) groups excluding carboxylic acids is 1. The van der Waals surface area contributed by atoms with Gasteiger partial charge in [0.1, 0.15) is 5.75 Å². The van der Waals surface area contributed by atoms with Crippen molar-refractivity contribution in [3.63, 3.8) is 0 Å². The van der Waals surface area contributed by atoms with Crippen molar-refractivity contribution in [2.24, 2.45) is 0 Å². The maximum atomic E-state index is 10.8. The Bertz CT molecular complexity index is 512. The Morgan fingerprint density at radius 2 is 2.07 bits per heavy atom. The molecule has 0 amide bonds. The van der Waals surface area contributed by atoms with Crippen molar-refractivity contribution < 1.29 is 9.90 Å². The highest BCUT2D eigenvalue weighted by Gasteiger charge is 2.11. The molecule has 0 atom stereocenters. The molecule has 2 rings (SSSR count). The van der Waals surface area contributed by atoms with Gasteiger partial charge in [0.05, 0.1) is 5.52 Å². The van der Waals surface area contributed by atoms with Gasteiger partial charge in [-0.25, -0.2) is 0 Å². The molecular formula is C12H13NO2. The molecule has 1 N–H and O–H groups in total. The van der Waals surface area contributed by atoms with Crippen LogP contribution in [0.1, 0.15) is 30.2 Å². The van der Waals surface area contributed by atoms with E-state index in [2.05, 4.69) is 0 Å². The second-order valence-corrected chi connectivity index (χ2v) is 3.87. The van der Waals surface area contributed by atoms with Gasteiger partial charge >= 0.3 is 0 Å². The van der Waals surface area contributed by atoms with Crippen molar-refractivity contribution >= 4 is 17.2 Å². The molecule has 0 spiro atoms. The quantitative estimate of drug-likeness (QED) is 0.762. The van der Waals surface area contributed by atoms with Crippen molar-refractivity contribution in [1.29, 1.82) is 0 Å². The van der Waals surface area contributed by atoms with E-state index in [1.165, 1.54) is 0 Å². The van der Waals surface area contributed by atoms with E-state index >= 15 is 0 Å². The molecule has 1 aromatic heterocycles. The molecule has 0 aliphatic rings. The third-order valence-electron chi connectivity index (χ3n) is 2.57. The summed E-state index contributed by atoms with van der Waals surface area (Å²) in [5, 5.41) is 10.6. The zero-order valence-corrected chi connectivity index (χ0v) is 8.77. The molecule has 0 saturated carbocycles. The Labute approximate surface area is 87.9 Å². The second kappa shape index (κ2) is 3.42. The minimum absolute atomic E-state index is 0.217. The van der Waals surface area contributed by atoms with E-state index < -0.39 is 0 Å². The second-order valence-electron chi connectivity index (χ2n) is 3.87. The lowest BCUT2D eigenvalue weighted by Crippen LogP contribution is -1.98. The zero-order chi connectivity index (χ0) is 11.0. The van der Waals surface area contributed by atoms with Crippen LogP contribution in [-0.4, -0.2) is 16.0 Å². The van der Waals surface area contributed by atoms with Crippen LogP contribution in [0.5, 0.6) is 5.75 Å². The van der Waals surface area contributed by atoms with Crippen LogP contribution in [0.15, 0.2) is 24.4 Å². The lowest BCUT2D eigenvalue weighted by Gasteiger charge is -2.10. The van der Waals surface area contributed by atoms with Crippen LogP contribution in [0.3, 0.4) is 0 Å². The molecule has 0 saturated heterocycles. The van der Waals surface area contributed by atoms with E-state index in [0.29, 0.717) is 5.56 Å². The van der Waals surface area contributed by atoms with Crippen molar-refractivity contribution in [2.45, 2.75) is 19.9 Å². The molecule has 0 radical (unpaired) electrons. The zero-order valence-electron chi connectivity index (χ0n) is 8.77. The summed E-state index contributed by atoms with van der Waals surface area (Å²) < 4.78 is 1.96. The number of phenolic OH excluding ortho intramolecular Hbond substituents is 1. The van der Waals surface area contributed by atoms with Gasteiger partial charge in [-0.2, -0.15) is 0 Å². The summed E-state index contributed by atoms with van der Waals surface area (Å²) in [5.41, 5.74) is 1.34. The fourth-order valence-electron chi connectivity index (χ4n) is 1.82. The van der Waals surface area contributed by atoms with E-state index in [1.54, 1.807) is 12.1 Å². The van der Waals surface area contributed by atoms with Crippen LogP contribution < -0.4 is 0 Å². The highest BCUT2D eigenvalue weighted by Crippen LogP contribution is 2.30. The highest BCUT2D eigenvalue weighted by molar-refractivity contribution is 5.99. The van der Waals surface area contributed by atoms with Gasteiger partial charge in [0, 0.05) is 23.2 Å². The summed E-state index contributed by atoms with van der Waals surface area (Å²) in [4.78, 5) is 10.8. The van der Waals surface area contributed by atoms with Crippen LogP contribution >= 0.6 is 0 Å².